The van der Waals surface area contributed by atoms with E-state index in [9.17, 15) is 13.2 Å². The van der Waals surface area contributed by atoms with Gasteiger partial charge in [-0.15, -0.1) is 0 Å². The van der Waals surface area contributed by atoms with E-state index in [1.807, 2.05) is 0 Å². The second-order valence-electron chi connectivity index (χ2n) is 6.14. The maximum absolute atomic E-state index is 12.7. The highest BCUT2D eigenvalue weighted by atomic mass is 35.5. The molecule has 0 atom stereocenters. The van der Waals surface area contributed by atoms with Crippen LogP contribution >= 0.6 is 11.6 Å². The van der Waals surface area contributed by atoms with Crippen molar-refractivity contribution in [2.45, 2.75) is 19.3 Å². The normalized spacial score (nSPS) is 21.0. The molecule has 1 aromatic carbocycles. The molecule has 0 unspecified atom stereocenters. The van der Waals surface area contributed by atoms with Gasteiger partial charge in [-0.25, -0.2) is 0 Å². The Morgan fingerprint density at radius 2 is 1.46 bits per heavy atom. The lowest BCUT2D eigenvalue weighted by atomic mass is 10.2. The SMILES string of the molecule is O=C(c1ccccc1Cl)N1CCN(S(=O)(=O)N2CCCCC2)CC1. The first kappa shape index (κ1) is 17.7. The molecule has 0 aliphatic carbocycles. The summed E-state index contributed by atoms with van der Waals surface area (Å²) < 4.78 is 28.4. The van der Waals surface area contributed by atoms with Gasteiger partial charge >= 0.3 is 0 Å². The number of piperazine rings is 1. The smallest absolute Gasteiger partial charge is 0.282 e. The van der Waals surface area contributed by atoms with E-state index in [4.69, 9.17) is 11.6 Å². The average molecular weight is 372 g/mol. The van der Waals surface area contributed by atoms with E-state index in [2.05, 4.69) is 0 Å². The van der Waals surface area contributed by atoms with E-state index in [1.54, 1.807) is 33.5 Å². The van der Waals surface area contributed by atoms with Gasteiger partial charge in [0.1, 0.15) is 0 Å². The number of rotatable bonds is 3. The Morgan fingerprint density at radius 3 is 2.08 bits per heavy atom. The number of nitrogens with zero attached hydrogens (tertiary/aromatic N) is 3. The lowest BCUT2D eigenvalue weighted by molar-refractivity contribution is 0.0693. The molecule has 2 saturated heterocycles. The Bertz CT molecular complexity index is 696. The molecule has 0 spiro atoms. The minimum atomic E-state index is -3.40. The van der Waals surface area contributed by atoms with Gasteiger partial charge in [-0.3, -0.25) is 4.79 Å². The van der Waals surface area contributed by atoms with Crippen molar-refractivity contribution in [2.75, 3.05) is 39.3 Å². The molecule has 0 bridgehead atoms. The Balaban J connectivity index is 1.63. The topological polar surface area (TPSA) is 60.9 Å². The average Bonchev–Trinajstić information content (AvgIpc) is 2.62. The van der Waals surface area contributed by atoms with Crippen molar-refractivity contribution in [1.82, 2.24) is 13.5 Å². The third-order valence-corrected chi connectivity index (χ3v) is 6.96. The van der Waals surface area contributed by atoms with E-state index in [0.717, 1.165) is 19.3 Å². The van der Waals surface area contributed by atoms with E-state index < -0.39 is 10.2 Å². The number of hydrogen-bond acceptors (Lipinski definition) is 3. The van der Waals surface area contributed by atoms with Crippen molar-refractivity contribution in [3.8, 4) is 0 Å². The second-order valence-corrected chi connectivity index (χ2v) is 8.47. The molecule has 24 heavy (non-hydrogen) atoms. The van der Waals surface area contributed by atoms with Crippen LogP contribution in [0.15, 0.2) is 24.3 Å². The van der Waals surface area contributed by atoms with Gasteiger partial charge in [0.25, 0.3) is 16.1 Å². The molecule has 2 aliphatic rings. The summed E-state index contributed by atoms with van der Waals surface area (Å²) in [7, 11) is -3.40. The predicted octanol–water partition coefficient (Wildman–Crippen LogP) is 1.83. The third-order valence-electron chi connectivity index (χ3n) is 4.60. The summed E-state index contributed by atoms with van der Waals surface area (Å²) >= 11 is 6.08. The zero-order chi connectivity index (χ0) is 17.2. The molecule has 132 valence electrons. The van der Waals surface area contributed by atoms with Crippen LogP contribution in [0.1, 0.15) is 29.6 Å². The van der Waals surface area contributed by atoms with Crippen molar-refractivity contribution in [3.63, 3.8) is 0 Å². The zero-order valence-electron chi connectivity index (χ0n) is 13.5. The third kappa shape index (κ3) is 3.59. The number of hydrogen-bond donors (Lipinski definition) is 0. The summed E-state index contributed by atoms with van der Waals surface area (Å²) in [5, 5.41) is 0.422. The lowest BCUT2D eigenvalue weighted by Crippen LogP contribution is -2.54. The fraction of sp³-hybridized carbons (Fsp3) is 0.562. The Labute approximate surface area is 148 Å². The first-order valence-electron chi connectivity index (χ1n) is 8.29. The summed E-state index contributed by atoms with van der Waals surface area (Å²) in [6.45, 7) is 2.63. The van der Waals surface area contributed by atoms with Crippen LogP contribution in [0.25, 0.3) is 0 Å². The van der Waals surface area contributed by atoms with Crippen molar-refractivity contribution < 1.29 is 13.2 Å². The minimum Gasteiger partial charge on any atom is -0.336 e. The molecule has 0 aromatic heterocycles. The van der Waals surface area contributed by atoms with Crippen molar-refractivity contribution in [2.24, 2.45) is 0 Å². The van der Waals surface area contributed by atoms with Gasteiger partial charge in [0, 0.05) is 39.3 Å². The largest absolute Gasteiger partial charge is 0.336 e. The monoisotopic (exact) mass is 371 g/mol. The molecule has 8 heteroatoms. The number of halogens is 1. The molecule has 2 aliphatic heterocycles. The van der Waals surface area contributed by atoms with Gasteiger partial charge in [-0.1, -0.05) is 30.2 Å². The van der Waals surface area contributed by atoms with Crippen LogP contribution in [0.4, 0.5) is 0 Å². The van der Waals surface area contributed by atoms with Gasteiger partial charge < -0.3 is 4.90 Å². The molecule has 1 aromatic rings. The quantitative estimate of drug-likeness (QED) is 0.814. The number of piperidine rings is 1. The summed E-state index contributed by atoms with van der Waals surface area (Å²) in [5.41, 5.74) is 0.464. The number of benzene rings is 1. The fourth-order valence-corrected chi connectivity index (χ4v) is 5.07. The molecule has 1 amide bonds. The van der Waals surface area contributed by atoms with Crippen LogP contribution in [0.2, 0.25) is 5.02 Å². The standard InChI is InChI=1S/C16H22ClN3O3S/c17-15-7-3-2-6-14(15)16(21)18-10-12-20(13-11-18)24(22,23)19-8-4-1-5-9-19/h2-3,6-7H,1,4-5,8-13H2. The van der Waals surface area contributed by atoms with E-state index in [-0.39, 0.29) is 5.91 Å². The van der Waals surface area contributed by atoms with Crippen molar-refractivity contribution in [1.29, 1.82) is 0 Å². The molecule has 0 radical (unpaired) electrons. The van der Waals surface area contributed by atoms with Crippen LogP contribution < -0.4 is 0 Å². The van der Waals surface area contributed by atoms with Crippen molar-refractivity contribution in [3.05, 3.63) is 34.9 Å². The van der Waals surface area contributed by atoms with Gasteiger partial charge in [-0.2, -0.15) is 17.0 Å². The first-order chi connectivity index (χ1) is 11.5. The van der Waals surface area contributed by atoms with Gasteiger partial charge in [0.2, 0.25) is 0 Å². The second kappa shape index (κ2) is 7.39. The minimum absolute atomic E-state index is 0.143. The van der Waals surface area contributed by atoms with E-state index in [0.29, 0.717) is 49.9 Å². The van der Waals surface area contributed by atoms with Crippen LogP contribution in [0.3, 0.4) is 0 Å². The molecule has 3 rings (SSSR count). The van der Waals surface area contributed by atoms with Gasteiger partial charge in [0.05, 0.1) is 10.6 Å². The highest BCUT2D eigenvalue weighted by Gasteiger charge is 2.34. The maximum atomic E-state index is 12.7. The van der Waals surface area contributed by atoms with Crippen LogP contribution in [0, 0.1) is 0 Å². The summed E-state index contributed by atoms with van der Waals surface area (Å²) in [6, 6.07) is 6.94. The summed E-state index contributed by atoms with van der Waals surface area (Å²) in [5.74, 6) is -0.143. The lowest BCUT2D eigenvalue weighted by Gasteiger charge is -2.37. The van der Waals surface area contributed by atoms with Crippen molar-refractivity contribution >= 4 is 27.7 Å². The highest BCUT2D eigenvalue weighted by molar-refractivity contribution is 7.86. The molecule has 0 saturated carbocycles. The Hall–Kier alpha value is -1.15. The van der Waals surface area contributed by atoms with E-state index in [1.165, 1.54) is 4.31 Å². The number of carbonyl (C=O) groups is 1. The van der Waals surface area contributed by atoms with Gasteiger partial charge in [-0.05, 0) is 25.0 Å². The fourth-order valence-electron chi connectivity index (χ4n) is 3.19. The molecule has 2 fully saturated rings. The summed E-state index contributed by atoms with van der Waals surface area (Å²) in [4.78, 5) is 14.2. The zero-order valence-corrected chi connectivity index (χ0v) is 15.1. The van der Waals surface area contributed by atoms with E-state index >= 15 is 0 Å². The number of carbonyl (C=O) groups excluding carboxylic acids is 1. The Kier molecular flexibility index (Phi) is 5.44. The molecular weight excluding hydrogens is 350 g/mol. The van der Waals surface area contributed by atoms with Gasteiger partial charge in [0.15, 0.2) is 0 Å². The number of amides is 1. The molecular formula is C16H22ClN3O3S. The highest BCUT2D eigenvalue weighted by Crippen LogP contribution is 2.21. The summed E-state index contributed by atoms with van der Waals surface area (Å²) in [6.07, 6.45) is 2.93. The molecule has 0 N–H and O–H groups in total. The Morgan fingerprint density at radius 1 is 0.875 bits per heavy atom. The maximum Gasteiger partial charge on any atom is 0.282 e. The van der Waals surface area contributed by atoms with Crippen LogP contribution in [0.5, 0.6) is 0 Å². The molecule has 2 heterocycles. The molecule has 6 nitrogen and oxygen atoms in total. The van der Waals surface area contributed by atoms with Crippen LogP contribution in [-0.4, -0.2) is 67.1 Å². The predicted molar refractivity (Wildman–Crippen MR) is 93.3 cm³/mol. The van der Waals surface area contributed by atoms with Crippen LogP contribution in [-0.2, 0) is 10.2 Å². The first-order valence-corrected chi connectivity index (χ1v) is 10.1.